The lowest BCUT2D eigenvalue weighted by Crippen LogP contribution is -2.15. The van der Waals surface area contributed by atoms with Crippen molar-refractivity contribution in [2.24, 2.45) is 0 Å². The van der Waals surface area contributed by atoms with E-state index in [2.05, 4.69) is 27.5 Å². The SMILES string of the molecule is CCCCNc1nccc(C(=O)Nc2ccccc2)n1. The van der Waals surface area contributed by atoms with Crippen LogP contribution < -0.4 is 10.6 Å². The molecule has 1 aromatic heterocycles. The number of hydrogen-bond donors (Lipinski definition) is 2. The molecule has 0 bridgehead atoms. The van der Waals surface area contributed by atoms with Crippen LogP contribution in [0.1, 0.15) is 30.3 Å². The lowest BCUT2D eigenvalue weighted by Gasteiger charge is -2.06. The fourth-order valence-electron chi connectivity index (χ4n) is 1.66. The quantitative estimate of drug-likeness (QED) is 0.792. The molecule has 0 aliphatic carbocycles. The number of unbranched alkanes of at least 4 members (excludes halogenated alkanes) is 1. The van der Waals surface area contributed by atoms with E-state index in [1.165, 1.54) is 0 Å². The zero-order valence-corrected chi connectivity index (χ0v) is 11.5. The summed E-state index contributed by atoms with van der Waals surface area (Å²) in [6, 6.07) is 10.9. The molecule has 2 aromatic rings. The van der Waals surface area contributed by atoms with Gasteiger partial charge in [-0.1, -0.05) is 31.5 Å². The topological polar surface area (TPSA) is 66.9 Å². The fraction of sp³-hybridized carbons (Fsp3) is 0.267. The van der Waals surface area contributed by atoms with Crippen LogP contribution in [0.5, 0.6) is 0 Å². The Morgan fingerprint density at radius 3 is 2.75 bits per heavy atom. The van der Waals surface area contributed by atoms with Gasteiger partial charge in [-0.05, 0) is 24.6 Å². The number of benzene rings is 1. The van der Waals surface area contributed by atoms with Crippen molar-refractivity contribution in [2.45, 2.75) is 19.8 Å². The zero-order valence-electron chi connectivity index (χ0n) is 11.5. The third kappa shape index (κ3) is 4.05. The first-order valence-electron chi connectivity index (χ1n) is 6.73. The molecule has 104 valence electrons. The van der Waals surface area contributed by atoms with Gasteiger partial charge in [0.25, 0.3) is 5.91 Å². The Balaban J connectivity index is 2.01. The fourth-order valence-corrected chi connectivity index (χ4v) is 1.66. The molecule has 1 heterocycles. The summed E-state index contributed by atoms with van der Waals surface area (Å²) in [7, 11) is 0. The predicted octanol–water partition coefficient (Wildman–Crippen LogP) is 2.94. The average Bonchev–Trinajstić information content (AvgIpc) is 2.49. The van der Waals surface area contributed by atoms with E-state index >= 15 is 0 Å². The summed E-state index contributed by atoms with van der Waals surface area (Å²) in [6.45, 7) is 2.92. The van der Waals surface area contributed by atoms with Crippen molar-refractivity contribution < 1.29 is 4.79 Å². The summed E-state index contributed by atoms with van der Waals surface area (Å²) in [5, 5.41) is 5.90. The van der Waals surface area contributed by atoms with E-state index in [-0.39, 0.29) is 5.91 Å². The molecule has 0 atom stereocenters. The maximum absolute atomic E-state index is 12.1. The van der Waals surface area contributed by atoms with Crippen molar-refractivity contribution in [2.75, 3.05) is 17.2 Å². The van der Waals surface area contributed by atoms with Crippen LogP contribution in [0.15, 0.2) is 42.6 Å². The van der Waals surface area contributed by atoms with Gasteiger partial charge >= 0.3 is 0 Å². The van der Waals surface area contributed by atoms with Crippen LogP contribution in [0.3, 0.4) is 0 Å². The smallest absolute Gasteiger partial charge is 0.274 e. The predicted molar refractivity (Wildman–Crippen MR) is 79.8 cm³/mol. The largest absolute Gasteiger partial charge is 0.354 e. The Bertz CT molecular complexity index is 557. The van der Waals surface area contributed by atoms with Crippen LogP contribution in [0.4, 0.5) is 11.6 Å². The normalized spacial score (nSPS) is 10.1. The molecule has 0 saturated carbocycles. The van der Waals surface area contributed by atoms with Gasteiger partial charge in [-0.15, -0.1) is 0 Å². The first-order valence-corrected chi connectivity index (χ1v) is 6.73. The minimum atomic E-state index is -0.239. The van der Waals surface area contributed by atoms with Gasteiger partial charge in [0.1, 0.15) is 5.69 Å². The summed E-state index contributed by atoms with van der Waals surface area (Å²) in [4.78, 5) is 20.4. The molecule has 2 N–H and O–H groups in total. The van der Waals surface area contributed by atoms with Gasteiger partial charge < -0.3 is 10.6 Å². The summed E-state index contributed by atoms with van der Waals surface area (Å²) in [5.41, 5.74) is 1.10. The van der Waals surface area contributed by atoms with E-state index in [9.17, 15) is 4.79 Å². The van der Waals surface area contributed by atoms with E-state index in [1.54, 1.807) is 12.3 Å². The Morgan fingerprint density at radius 2 is 2.00 bits per heavy atom. The molecule has 0 radical (unpaired) electrons. The highest BCUT2D eigenvalue weighted by atomic mass is 16.1. The van der Waals surface area contributed by atoms with Gasteiger partial charge in [-0.3, -0.25) is 4.79 Å². The minimum absolute atomic E-state index is 0.239. The maximum atomic E-state index is 12.1. The molecule has 0 aliphatic heterocycles. The number of hydrogen-bond acceptors (Lipinski definition) is 4. The van der Waals surface area contributed by atoms with Gasteiger partial charge in [0, 0.05) is 18.4 Å². The summed E-state index contributed by atoms with van der Waals surface area (Å²) in [5.74, 6) is 0.247. The van der Waals surface area contributed by atoms with Crippen molar-refractivity contribution in [1.29, 1.82) is 0 Å². The molecule has 0 aliphatic rings. The average molecular weight is 270 g/mol. The van der Waals surface area contributed by atoms with Crippen LogP contribution in [0.25, 0.3) is 0 Å². The van der Waals surface area contributed by atoms with Crippen molar-refractivity contribution in [3.05, 3.63) is 48.3 Å². The highest BCUT2D eigenvalue weighted by Gasteiger charge is 2.08. The number of rotatable bonds is 6. The molecule has 2 rings (SSSR count). The van der Waals surface area contributed by atoms with Gasteiger partial charge in [0.05, 0.1) is 0 Å². The van der Waals surface area contributed by atoms with Crippen LogP contribution in [-0.4, -0.2) is 22.4 Å². The molecule has 0 saturated heterocycles. The third-order valence-electron chi connectivity index (χ3n) is 2.73. The summed E-state index contributed by atoms with van der Waals surface area (Å²) >= 11 is 0. The zero-order chi connectivity index (χ0) is 14.2. The van der Waals surface area contributed by atoms with E-state index in [4.69, 9.17) is 0 Å². The number of carbonyl (C=O) groups excluding carboxylic acids is 1. The molecular formula is C15H18N4O. The first-order chi connectivity index (χ1) is 9.79. The number of carbonyl (C=O) groups is 1. The second kappa shape index (κ2) is 7.23. The maximum Gasteiger partial charge on any atom is 0.274 e. The third-order valence-corrected chi connectivity index (χ3v) is 2.73. The van der Waals surface area contributed by atoms with E-state index in [1.807, 2.05) is 30.3 Å². The lowest BCUT2D eigenvalue weighted by molar-refractivity contribution is 0.102. The van der Waals surface area contributed by atoms with Gasteiger partial charge in [-0.25, -0.2) is 9.97 Å². The number of nitrogens with zero attached hydrogens (tertiary/aromatic N) is 2. The van der Waals surface area contributed by atoms with E-state index in [0.29, 0.717) is 11.6 Å². The monoisotopic (exact) mass is 270 g/mol. The lowest BCUT2D eigenvalue weighted by atomic mass is 10.3. The van der Waals surface area contributed by atoms with Crippen LogP contribution in [-0.2, 0) is 0 Å². The molecule has 5 heteroatoms. The molecular weight excluding hydrogens is 252 g/mol. The molecule has 0 spiro atoms. The number of anilines is 2. The Morgan fingerprint density at radius 1 is 1.20 bits per heavy atom. The highest BCUT2D eigenvalue weighted by Crippen LogP contribution is 2.08. The van der Waals surface area contributed by atoms with Crippen LogP contribution in [0.2, 0.25) is 0 Å². The van der Waals surface area contributed by atoms with Gasteiger partial charge in [0.15, 0.2) is 0 Å². The summed E-state index contributed by atoms with van der Waals surface area (Å²) < 4.78 is 0. The highest BCUT2D eigenvalue weighted by molar-refractivity contribution is 6.02. The van der Waals surface area contributed by atoms with E-state index in [0.717, 1.165) is 25.1 Å². The molecule has 5 nitrogen and oxygen atoms in total. The minimum Gasteiger partial charge on any atom is -0.354 e. The van der Waals surface area contributed by atoms with Crippen molar-refractivity contribution in [3.63, 3.8) is 0 Å². The molecule has 20 heavy (non-hydrogen) atoms. The number of aromatic nitrogens is 2. The van der Waals surface area contributed by atoms with Crippen molar-refractivity contribution >= 4 is 17.5 Å². The van der Waals surface area contributed by atoms with Gasteiger partial charge in [-0.2, -0.15) is 0 Å². The Kier molecular flexibility index (Phi) is 5.06. The Hall–Kier alpha value is -2.43. The van der Waals surface area contributed by atoms with Crippen LogP contribution >= 0.6 is 0 Å². The molecule has 1 aromatic carbocycles. The number of para-hydroxylation sites is 1. The number of amides is 1. The van der Waals surface area contributed by atoms with Crippen molar-refractivity contribution in [1.82, 2.24) is 9.97 Å². The summed E-state index contributed by atoms with van der Waals surface area (Å²) in [6.07, 6.45) is 3.73. The first kappa shape index (κ1) is 14.0. The second-order valence-electron chi connectivity index (χ2n) is 4.37. The van der Waals surface area contributed by atoms with Gasteiger partial charge in [0.2, 0.25) is 5.95 Å². The number of nitrogens with one attached hydrogen (secondary N) is 2. The van der Waals surface area contributed by atoms with Crippen molar-refractivity contribution in [3.8, 4) is 0 Å². The molecule has 0 unspecified atom stereocenters. The standard InChI is InChI=1S/C15H18N4O/c1-2-3-10-16-15-17-11-9-13(19-15)14(20)18-12-7-5-4-6-8-12/h4-9,11H,2-3,10H2,1H3,(H,18,20)(H,16,17,19). The molecule has 1 amide bonds. The molecule has 0 fully saturated rings. The van der Waals surface area contributed by atoms with E-state index < -0.39 is 0 Å². The second-order valence-corrected chi connectivity index (χ2v) is 4.37. The Labute approximate surface area is 118 Å². The van der Waals surface area contributed by atoms with Crippen LogP contribution in [0, 0.1) is 0 Å².